The normalized spacial score (nSPS) is 11.7. The Labute approximate surface area is 124 Å². The number of amides is 1. The SMILES string of the molecule is C#CCn1c(=NC(=O)CCC)sc2cc(Br)ccc21. The van der Waals surface area contributed by atoms with Gasteiger partial charge in [0.05, 0.1) is 16.8 Å². The van der Waals surface area contributed by atoms with E-state index in [0.29, 0.717) is 17.8 Å². The number of hydrogen-bond donors (Lipinski definition) is 0. The molecule has 0 saturated carbocycles. The molecule has 0 N–H and O–H groups in total. The second-order valence-corrected chi connectivity index (χ2v) is 5.97. The number of benzene rings is 1. The maximum absolute atomic E-state index is 11.7. The molecule has 0 bridgehead atoms. The zero-order chi connectivity index (χ0) is 13.8. The fraction of sp³-hybridized carbons (Fsp3) is 0.286. The molecule has 0 atom stereocenters. The lowest BCUT2D eigenvalue weighted by atomic mass is 10.3. The van der Waals surface area contributed by atoms with Gasteiger partial charge in [-0.3, -0.25) is 4.79 Å². The van der Waals surface area contributed by atoms with Crippen molar-refractivity contribution in [1.82, 2.24) is 4.57 Å². The van der Waals surface area contributed by atoms with Gasteiger partial charge in [-0.25, -0.2) is 0 Å². The fourth-order valence-corrected chi connectivity index (χ4v) is 3.35. The van der Waals surface area contributed by atoms with Gasteiger partial charge < -0.3 is 4.57 Å². The zero-order valence-corrected chi connectivity index (χ0v) is 12.9. The Morgan fingerprint density at radius 1 is 1.58 bits per heavy atom. The highest BCUT2D eigenvalue weighted by atomic mass is 79.9. The third-order valence-corrected chi connectivity index (χ3v) is 4.11. The first kappa shape index (κ1) is 14.0. The van der Waals surface area contributed by atoms with E-state index in [1.165, 1.54) is 11.3 Å². The van der Waals surface area contributed by atoms with E-state index in [4.69, 9.17) is 6.42 Å². The Morgan fingerprint density at radius 2 is 2.37 bits per heavy atom. The summed E-state index contributed by atoms with van der Waals surface area (Å²) in [5.41, 5.74) is 1.01. The van der Waals surface area contributed by atoms with Crippen LogP contribution in [-0.2, 0) is 11.3 Å². The summed E-state index contributed by atoms with van der Waals surface area (Å²) in [6.07, 6.45) is 6.66. The predicted octanol–water partition coefficient (Wildman–Crippen LogP) is 3.33. The van der Waals surface area contributed by atoms with Gasteiger partial charge in [-0.05, 0) is 24.6 Å². The maximum Gasteiger partial charge on any atom is 0.248 e. The fourth-order valence-electron chi connectivity index (χ4n) is 1.75. The van der Waals surface area contributed by atoms with Crippen LogP contribution < -0.4 is 4.80 Å². The van der Waals surface area contributed by atoms with E-state index >= 15 is 0 Å². The van der Waals surface area contributed by atoms with Crippen molar-refractivity contribution >= 4 is 43.4 Å². The van der Waals surface area contributed by atoms with Gasteiger partial charge in [0.15, 0.2) is 4.80 Å². The third kappa shape index (κ3) is 3.14. The Bertz CT molecular complexity index is 721. The van der Waals surface area contributed by atoms with Gasteiger partial charge in [0.25, 0.3) is 0 Å². The number of rotatable bonds is 3. The summed E-state index contributed by atoms with van der Waals surface area (Å²) in [4.78, 5) is 16.5. The molecule has 5 heteroatoms. The first-order valence-electron chi connectivity index (χ1n) is 5.95. The molecular weight excluding hydrogens is 324 g/mol. The molecule has 0 unspecified atom stereocenters. The summed E-state index contributed by atoms with van der Waals surface area (Å²) < 4.78 is 3.97. The van der Waals surface area contributed by atoms with Gasteiger partial charge in [-0.1, -0.05) is 40.1 Å². The Morgan fingerprint density at radius 3 is 3.05 bits per heavy atom. The summed E-state index contributed by atoms with van der Waals surface area (Å²) >= 11 is 4.92. The molecule has 0 aliphatic heterocycles. The first-order chi connectivity index (χ1) is 9.15. The van der Waals surface area contributed by atoms with Crippen LogP contribution >= 0.6 is 27.3 Å². The number of thiazole rings is 1. The summed E-state index contributed by atoms with van der Waals surface area (Å²) in [5.74, 6) is 2.51. The molecule has 98 valence electrons. The lowest BCUT2D eigenvalue weighted by molar-refractivity contribution is -0.118. The second kappa shape index (κ2) is 6.18. The number of halogens is 1. The van der Waals surface area contributed by atoms with E-state index in [1.54, 1.807) is 0 Å². The van der Waals surface area contributed by atoms with Crippen molar-refractivity contribution in [2.75, 3.05) is 0 Å². The molecule has 0 fully saturated rings. The first-order valence-corrected chi connectivity index (χ1v) is 7.56. The Balaban J connectivity index is 2.63. The second-order valence-electron chi connectivity index (χ2n) is 4.04. The van der Waals surface area contributed by atoms with Crippen LogP contribution in [0.2, 0.25) is 0 Å². The van der Waals surface area contributed by atoms with Gasteiger partial charge in [0, 0.05) is 10.9 Å². The number of terminal acetylenes is 1. The van der Waals surface area contributed by atoms with E-state index in [9.17, 15) is 4.79 Å². The average molecular weight is 337 g/mol. The Kier molecular flexibility index (Phi) is 4.56. The lowest BCUT2D eigenvalue weighted by Crippen LogP contribution is -2.16. The highest BCUT2D eigenvalue weighted by molar-refractivity contribution is 9.10. The van der Waals surface area contributed by atoms with Crippen LogP contribution in [0.15, 0.2) is 27.7 Å². The van der Waals surface area contributed by atoms with Crippen molar-refractivity contribution in [3.8, 4) is 12.3 Å². The molecule has 0 aliphatic rings. The standard InChI is InChI=1S/C14H13BrN2OS/c1-3-5-13(18)16-14-17(8-4-2)11-7-6-10(15)9-12(11)19-14/h2,6-7,9H,3,5,8H2,1H3. The number of carbonyl (C=O) groups excluding carboxylic acids is 1. The van der Waals surface area contributed by atoms with Crippen LogP contribution in [0.4, 0.5) is 0 Å². The summed E-state index contributed by atoms with van der Waals surface area (Å²) in [6, 6.07) is 5.95. The van der Waals surface area contributed by atoms with E-state index < -0.39 is 0 Å². The predicted molar refractivity (Wildman–Crippen MR) is 81.8 cm³/mol. The highest BCUT2D eigenvalue weighted by Gasteiger charge is 2.07. The van der Waals surface area contributed by atoms with Crippen molar-refractivity contribution in [2.24, 2.45) is 4.99 Å². The monoisotopic (exact) mass is 336 g/mol. The lowest BCUT2D eigenvalue weighted by Gasteiger charge is -1.99. The maximum atomic E-state index is 11.7. The molecule has 19 heavy (non-hydrogen) atoms. The molecule has 0 aliphatic carbocycles. The molecule has 0 radical (unpaired) electrons. The smallest absolute Gasteiger partial charge is 0.248 e. The summed E-state index contributed by atoms with van der Waals surface area (Å²) in [5, 5.41) is 0. The molecule has 1 aromatic heterocycles. The number of hydrogen-bond acceptors (Lipinski definition) is 2. The van der Waals surface area contributed by atoms with Crippen LogP contribution in [-0.4, -0.2) is 10.5 Å². The van der Waals surface area contributed by atoms with Crippen LogP contribution in [0.3, 0.4) is 0 Å². The topological polar surface area (TPSA) is 34.4 Å². The zero-order valence-electron chi connectivity index (χ0n) is 10.5. The minimum Gasteiger partial charge on any atom is -0.305 e. The van der Waals surface area contributed by atoms with Crippen molar-refractivity contribution in [1.29, 1.82) is 0 Å². The van der Waals surface area contributed by atoms with Gasteiger partial charge in [-0.15, -0.1) is 6.42 Å². The molecule has 0 spiro atoms. The van der Waals surface area contributed by atoms with Crippen molar-refractivity contribution in [3.05, 3.63) is 27.5 Å². The number of fused-ring (bicyclic) bond motifs is 1. The van der Waals surface area contributed by atoms with Crippen molar-refractivity contribution in [3.63, 3.8) is 0 Å². The quantitative estimate of drug-likeness (QED) is 0.791. The van der Waals surface area contributed by atoms with Gasteiger partial charge in [0.1, 0.15) is 0 Å². The summed E-state index contributed by atoms with van der Waals surface area (Å²) in [6.45, 7) is 2.38. The molecule has 2 rings (SSSR count). The van der Waals surface area contributed by atoms with Gasteiger partial charge >= 0.3 is 0 Å². The third-order valence-electron chi connectivity index (χ3n) is 2.58. The van der Waals surface area contributed by atoms with Crippen molar-refractivity contribution in [2.45, 2.75) is 26.3 Å². The van der Waals surface area contributed by atoms with Crippen LogP contribution in [0.25, 0.3) is 10.2 Å². The Hall–Kier alpha value is -1.38. The molecule has 3 nitrogen and oxygen atoms in total. The van der Waals surface area contributed by atoms with Crippen molar-refractivity contribution < 1.29 is 4.79 Å². The van der Waals surface area contributed by atoms with Crippen LogP contribution in [0.1, 0.15) is 19.8 Å². The number of nitrogens with zero attached hydrogens (tertiary/aromatic N) is 2. The molecule has 0 saturated heterocycles. The van der Waals surface area contributed by atoms with E-state index in [1.807, 2.05) is 29.7 Å². The number of carbonyl (C=O) groups is 1. The van der Waals surface area contributed by atoms with E-state index in [0.717, 1.165) is 21.1 Å². The largest absolute Gasteiger partial charge is 0.305 e. The minimum absolute atomic E-state index is 0.0982. The molecule has 1 aromatic carbocycles. The summed E-state index contributed by atoms with van der Waals surface area (Å²) in [7, 11) is 0. The molecule has 1 heterocycles. The van der Waals surface area contributed by atoms with E-state index in [-0.39, 0.29) is 5.91 Å². The van der Waals surface area contributed by atoms with Gasteiger partial charge in [0.2, 0.25) is 5.91 Å². The highest BCUT2D eigenvalue weighted by Crippen LogP contribution is 2.22. The molecule has 2 aromatic rings. The molecule has 1 amide bonds. The number of aromatic nitrogens is 1. The average Bonchev–Trinajstić information content (AvgIpc) is 2.67. The minimum atomic E-state index is -0.0982. The van der Waals surface area contributed by atoms with Crippen LogP contribution in [0, 0.1) is 12.3 Å². The van der Waals surface area contributed by atoms with E-state index in [2.05, 4.69) is 26.8 Å². The van der Waals surface area contributed by atoms with Gasteiger partial charge in [-0.2, -0.15) is 4.99 Å². The molecular formula is C14H13BrN2OS. The van der Waals surface area contributed by atoms with Crippen LogP contribution in [0.5, 0.6) is 0 Å².